The summed E-state index contributed by atoms with van der Waals surface area (Å²) in [6.07, 6.45) is -4.40. The molecular formula is C14H19BrF3NOS. The minimum atomic E-state index is -4.40. The van der Waals surface area contributed by atoms with E-state index < -0.39 is 33.5 Å². The van der Waals surface area contributed by atoms with Gasteiger partial charge >= 0.3 is 6.18 Å². The van der Waals surface area contributed by atoms with Crippen LogP contribution in [0.25, 0.3) is 0 Å². The van der Waals surface area contributed by atoms with Gasteiger partial charge in [-0.05, 0) is 51.5 Å². The van der Waals surface area contributed by atoms with E-state index in [4.69, 9.17) is 0 Å². The maximum absolute atomic E-state index is 12.9. The molecule has 120 valence electrons. The average Bonchev–Trinajstić information content (AvgIpc) is 2.33. The summed E-state index contributed by atoms with van der Waals surface area (Å²) in [6.45, 7) is 7.22. The Morgan fingerprint density at radius 1 is 1.19 bits per heavy atom. The van der Waals surface area contributed by atoms with E-state index in [0.29, 0.717) is 10.0 Å². The summed E-state index contributed by atoms with van der Waals surface area (Å²) < 4.78 is 52.4. The summed E-state index contributed by atoms with van der Waals surface area (Å²) in [5.41, 5.74) is -0.245. The quantitative estimate of drug-likeness (QED) is 0.722. The molecule has 1 aromatic carbocycles. The molecule has 1 aromatic rings. The third-order valence-electron chi connectivity index (χ3n) is 3.06. The number of halogens is 4. The van der Waals surface area contributed by atoms with Crippen molar-refractivity contribution in [1.29, 1.82) is 0 Å². The van der Waals surface area contributed by atoms with E-state index in [1.807, 2.05) is 20.8 Å². The Bertz CT molecular complexity index is 540. The number of nitrogens with zero attached hydrogens (tertiary/aromatic N) is 1. The Morgan fingerprint density at radius 2 is 1.71 bits per heavy atom. The molecule has 0 heterocycles. The molecule has 0 fully saturated rings. The van der Waals surface area contributed by atoms with Crippen molar-refractivity contribution in [2.45, 2.75) is 44.7 Å². The van der Waals surface area contributed by atoms with Crippen LogP contribution in [0.3, 0.4) is 0 Å². The van der Waals surface area contributed by atoms with Gasteiger partial charge in [-0.2, -0.15) is 13.2 Å². The van der Waals surface area contributed by atoms with Crippen LogP contribution >= 0.6 is 15.9 Å². The number of hydrogen-bond acceptors (Lipinski definition) is 1. The summed E-state index contributed by atoms with van der Waals surface area (Å²) in [5, 5.41) is 0. The largest absolute Gasteiger partial charge is 0.416 e. The zero-order valence-electron chi connectivity index (χ0n) is 12.6. The van der Waals surface area contributed by atoms with E-state index in [0.717, 1.165) is 12.1 Å². The first-order valence-electron chi connectivity index (χ1n) is 6.36. The van der Waals surface area contributed by atoms with Crippen LogP contribution in [0.5, 0.6) is 0 Å². The lowest BCUT2D eigenvalue weighted by Crippen LogP contribution is -2.36. The molecule has 0 aromatic heterocycles. The van der Waals surface area contributed by atoms with Crippen LogP contribution in [-0.2, 0) is 17.2 Å². The second-order valence-electron chi connectivity index (χ2n) is 5.85. The zero-order valence-corrected chi connectivity index (χ0v) is 15.0. The van der Waals surface area contributed by atoms with E-state index in [-0.39, 0.29) is 0 Å². The molecule has 0 radical (unpaired) electrons. The van der Waals surface area contributed by atoms with E-state index in [2.05, 4.69) is 15.9 Å². The predicted octanol–water partition coefficient (Wildman–Crippen LogP) is 4.92. The second kappa shape index (κ2) is 6.38. The van der Waals surface area contributed by atoms with Gasteiger partial charge in [-0.3, -0.25) is 0 Å². The lowest BCUT2D eigenvalue weighted by molar-refractivity contribution is -0.137. The molecule has 0 amide bonds. The van der Waals surface area contributed by atoms with Gasteiger partial charge in [0.25, 0.3) is 0 Å². The predicted molar refractivity (Wildman–Crippen MR) is 83.2 cm³/mol. The first-order valence-corrected chi connectivity index (χ1v) is 8.26. The number of hydrogen-bond donors (Lipinski definition) is 0. The van der Waals surface area contributed by atoms with Crippen molar-refractivity contribution in [1.82, 2.24) is 4.31 Å². The first-order chi connectivity index (χ1) is 9.34. The Balaban J connectivity index is 3.16. The fourth-order valence-corrected chi connectivity index (χ4v) is 3.59. The molecule has 2 atom stereocenters. The van der Waals surface area contributed by atoms with Gasteiger partial charge < -0.3 is 0 Å². The number of alkyl halides is 3. The maximum atomic E-state index is 12.9. The van der Waals surface area contributed by atoms with Crippen LogP contribution in [0.4, 0.5) is 13.2 Å². The Labute approximate surface area is 134 Å². The zero-order chi connectivity index (χ0) is 16.6. The minimum absolute atomic E-state index is 0.356. The summed E-state index contributed by atoms with van der Waals surface area (Å²) in [7, 11) is 0.343. The van der Waals surface area contributed by atoms with E-state index >= 15 is 0 Å². The summed E-state index contributed by atoms with van der Waals surface area (Å²) >= 11 is 3.11. The lowest BCUT2D eigenvalue weighted by Gasteiger charge is -2.30. The van der Waals surface area contributed by atoms with Crippen molar-refractivity contribution in [3.63, 3.8) is 0 Å². The molecule has 0 aliphatic carbocycles. The normalized spacial score (nSPS) is 16.1. The highest BCUT2D eigenvalue weighted by atomic mass is 79.9. The Kier molecular flexibility index (Phi) is 5.67. The van der Waals surface area contributed by atoms with Gasteiger partial charge in [0.05, 0.1) is 21.3 Å². The van der Waals surface area contributed by atoms with Crippen LogP contribution < -0.4 is 0 Å². The molecule has 1 unspecified atom stereocenters. The Hall–Kier alpha value is -0.400. The third-order valence-corrected chi connectivity index (χ3v) is 5.41. The molecule has 1 rings (SSSR count). The summed E-state index contributed by atoms with van der Waals surface area (Å²) in [4.78, 5) is 0. The van der Waals surface area contributed by atoms with E-state index in [1.165, 1.54) is 0 Å². The fraction of sp³-hybridized carbons (Fsp3) is 0.571. The molecule has 0 bridgehead atoms. The van der Waals surface area contributed by atoms with E-state index in [1.54, 1.807) is 24.3 Å². The SMILES string of the molecule is C[C@H](c1cc(Br)cc(C(F)(F)F)c1)N(C)S(=O)C(C)(C)C. The topological polar surface area (TPSA) is 20.3 Å². The number of benzene rings is 1. The van der Waals surface area contributed by atoms with Gasteiger partial charge in [-0.15, -0.1) is 0 Å². The Morgan fingerprint density at radius 3 is 2.14 bits per heavy atom. The molecule has 0 spiro atoms. The van der Waals surface area contributed by atoms with Crippen molar-refractivity contribution in [2.75, 3.05) is 7.05 Å². The molecule has 7 heteroatoms. The number of rotatable bonds is 3. The third kappa shape index (κ3) is 4.79. The van der Waals surface area contributed by atoms with Gasteiger partial charge in [0.1, 0.15) is 0 Å². The van der Waals surface area contributed by atoms with Crippen molar-refractivity contribution in [3.05, 3.63) is 33.8 Å². The van der Waals surface area contributed by atoms with Crippen LogP contribution in [0.1, 0.15) is 44.9 Å². The molecule has 0 saturated carbocycles. The monoisotopic (exact) mass is 385 g/mol. The fourth-order valence-electron chi connectivity index (χ4n) is 1.80. The average molecular weight is 386 g/mol. The molecular weight excluding hydrogens is 367 g/mol. The molecule has 0 aliphatic rings. The van der Waals surface area contributed by atoms with Crippen LogP contribution in [0.15, 0.2) is 22.7 Å². The molecule has 0 saturated heterocycles. The first kappa shape index (κ1) is 18.6. The van der Waals surface area contributed by atoms with Crippen molar-refractivity contribution >= 4 is 26.9 Å². The molecule has 0 N–H and O–H groups in total. The van der Waals surface area contributed by atoms with Crippen molar-refractivity contribution in [3.8, 4) is 0 Å². The van der Waals surface area contributed by atoms with Gasteiger partial charge in [0.2, 0.25) is 0 Å². The van der Waals surface area contributed by atoms with Gasteiger partial charge in [0, 0.05) is 17.6 Å². The smallest absolute Gasteiger partial charge is 0.242 e. The molecule has 2 nitrogen and oxygen atoms in total. The highest BCUT2D eigenvalue weighted by Crippen LogP contribution is 2.35. The molecule has 21 heavy (non-hydrogen) atoms. The van der Waals surface area contributed by atoms with Crippen molar-refractivity contribution < 1.29 is 17.4 Å². The van der Waals surface area contributed by atoms with Crippen molar-refractivity contribution in [2.24, 2.45) is 0 Å². The highest BCUT2D eigenvalue weighted by Gasteiger charge is 2.33. The van der Waals surface area contributed by atoms with Gasteiger partial charge in [0.15, 0.2) is 0 Å². The maximum Gasteiger partial charge on any atom is 0.416 e. The van der Waals surface area contributed by atoms with Gasteiger partial charge in [-0.25, -0.2) is 8.51 Å². The highest BCUT2D eigenvalue weighted by molar-refractivity contribution is 9.10. The minimum Gasteiger partial charge on any atom is -0.242 e. The van der Waals surface area contributed by atoms with Crippen LogP contribution in [0, 0.1) is 0 Å². The lowest BCUT2D eigenvalue weighted by atomic mass is 10.1. The summed E-state index contributed by atoms with van der Waals surface area (Å²) in [6, 6.07) is 3.36. The van der Waals surface area contributed by atoms with Crippen LogP contribution in [0.2, 0.25) is 0 Å². The van der Waals surface area contributed by atoms with E-state index in [9.17, 15) is 17.4 Å². The second-order valence-corrected chi connectivity index (χ2v) is 9.07. The molecule has 0 aliphatic heterocycles. The standard InChI is InChI=1S/C14H19BrF3NOS/c1-9(19(5)21(20)13(2,3)4)10-6-11(14(16,17)18)8-12(15)7-10/h6-9H,1-5H3/t9-,21?/m1/s1. The summed E-state index contributed by atoms with van der Waals surface area (Å²) in [5.74, 6) is 0. The van der Waals surface area contributed by atoms with Gasteiger partial charge in [-0.1, -0.05) is 15.9 Å². The van der Waals surface area contributed by atoms with Crippen LogP contribution in [-0.4, -0.2) is 20.3 Å².